The van der Waals surface area contributed by atoms with E-state index in [1.807, 2.05) is 18.7 Å². The minimum absolute atomic E-state index is 0.0216. The normalized spacial score (nSPS) is 21.7. The Kier molecular flexibility index (Phi) is 2.73. The molecule has 5 heteroatoms. The number of aryl methyl sites for hydroxylation is 1. The van der Waals surface area contributed by atoms with E-state index in [9.17, 15) is 4.79 Å². The van der Waals surface area contributed by atoms with Crippen LogP contribution in [0.2, 0.25) is 0 Å². The van der Waals surface area contributed by atoms with Crippen molar-refractivity contribution in [3.63, 3.8) is 0 Å². The molecule has 2 N–H and O–H groups in total. The second kappa shape index (κ2) is 4.02. The monoisotopic (exact) mass is 208 g/mol. The number of nitrogens with zero attached hydrogens (tertiary/aromatic N) is 2. The molecule has 1 aliphatic rings. The van der Waals surface area contributed by atoms with Crippen LogP contribution in [0.25, 0.3) is 0 Å². The molecule has 1 atom stereocenters. The number of aromatic nitrogens is 2. The maximum absolute atomic E-state index is 12.0. The van der Waals surface area contributed by atoms with Crippen LogP contribution < -0.4 is 5.32 Å². The highest BCUT2D eigenvalue weighted by atomic mass is 16.2. The van der Waals surface area contributed by atoms with E-state index >= 15 is 0 Å². The van der Waals surface area contributed by atoms with E-state index in [0.717, 1.165) is 25.3 Å². The van der Waals surface area contributed by atoms with Crippen LogP contribution in [0.15, 0.2) is 6.07 Å². The maximum atomic E-state index is 12.0. The molecule has 1 amide bonds. The van der Waals surface area contributed by atoms with Crippen LogP contribution in [-0.4, -0.2) is 46.7 Å². The molecule has 82 valence electrons. The molecule has 1 fully saturated rings. The summed E-state index contributed by atoms with van der Waals surface area (Å²) >= 11 is 0. The van der Waals surface area contributed by atoms with Gasteiger partial charge in [0, 0.05) is 31.4 Å². The third kappa shape index (κ3) is 2.02. The Balaban J connectivity index is 2.13. The van der Waals surface area contributed by atoms with Crippen LogP contribution in [0.3, 0.4) is 0 Å². The van der Waals surface area contributed by atoms with Gasteiger partial charge in [0.25, 0.3) is 5.91 Å². The molecule has 2 rings (SSSR count). The number of hydrogen-bond acceptors (Lipinski definition) is 3. The van der Waals surface area contributed by atoms with Gasteiger partial charge in [-0.2, -0.15) is 5.10 Å². The summed E-state index contributed by atoms with van der Waals surface area (Å²) in [5, 5.41) is 10.0. The van der Waals surface area contributed by atoms with Crippen molar-refractivity contribution in [2.45, 2.75) is 19.9 Å². The molecule has 1 aromatic rings. The van der Waals surface area contributed by atoms with Gasteiger partial charge >= 0.3 is 0 Å². The number of piperazine rings is 1. The van der Waals surface area contributed by atoms with Crippen molar-refractivity contribution in [3.8, 4) is 0 Å². The summed E-state index contributed by atoms with van der Waals surface area (Å²) in [6, 6.07) is 2.03. The van der Waals surface area contributed by atoms with Crippen LogP contribution >= 0.6 is 0 Å². The number of H-pyrrole nitrogens is 1. The van der Waals surface area contributed by atoms with E-state index in [4.69, 9.17) is 0 Å². The van der Waals surface area contributed by atoms with Gasteiger partial charge in [0.15, 0.2) is 0 Å². The number of amides is 1. The van der Waals surface area contributed by atoms with Gasteiger partial charge in [0.05, 0.1) is 0 Å². The zero-order valence-electron chi connectivity index (χ0n) is 9.08. The molecule has 0 aromatic carbocycles. The van der Waals surface area contributed by atoms with Crippen LogP contribution in [-0.2, 0) is 0 Å². The smallest absolute Gasteiger partial charge is 0.274 e. The summed E-state index contributed by atoms with van der Waals surface area (Å²) in [6.45, 7) is 6.41. The molecular formula is C10H16N4O. The SMILES string of the molecule is Cc1cc(C(=O)N2CCNCC2C)n[nH]1. The molecule has 1 saturated heterocycles. The summed E-state index contributed by atoms with van der Waals surface area (Å²) in [7, 11) is 0. The Morgan fingerprint density at radius 1 is 1.67 bits per heavy atom. The quantitative estimate of drug-likeness (QED) is 0.690. The van der Waals surface area contributed by atoms with Crippen molar-refractivity contribution in [2.75, 3.05) is 19.6 Å². The maximum Gasteiger partial charge on any atom is 0.274 e. The summed E-state index contributed by atoms with van der Waals surface area (Å²) < 4.78 is 0. The van der Waals surface area contributed by atoms with Gasteiger partial charge in [-0.15, -0.1) is 0 Å². The van der Waals surface area contributed by atoms with Crippen LogP contribution in [0.5, 0.6) is 0 Å². The van der Waals surface area contributed by atoms with Gasteiger partial charge in [-0.05, 0) is 19.9 Å². The molecule has 5 nitrogen and oxygen atoms in total. The van der Waals surface area contributed by atoms with Gasteiger partial charge in [0.1, 0.15) is 5.69 Å². The number of rotatable bonds is 1. The molecule has 0 radical (unpaired) electrons. The minimum atomic E-state index is 0.0216. The second-order valence-electron chi connectivity index (χ2n) is 3.99. The molecule has 0 bridgehead atoms. The first-order chi connectivity index (χ1) is 7.18. The summed E-state index contributed by atoms with van der Waals surface area (Å²) in [5.74, 6) is 0.0216. The predicted molar refractivity (Wildman–Crippen MR) is 56.7 cm³/mol. The standard InChI is InChI=1S/C10H16N4O/c1-7-5-9(13-12-7)10(15)14-4-3-11-6-8(14)2/h5,8,11H,3-4,6H2,1-2H3,(H,12,13). The largest absolute Gasteiger partial charge is 0.332 e. The highest BCUT2D eigenvalue weighted by Crippen LogP contribution is 2.09. The Morgan fingerprint density at radius 3 is 3.07 bits per heavy atom. The number of carbonyl (C=O) groups is 1. The van der Waals surface area contributed by atoms with E-state index in [1.54, 1.807) is 6.07 Å². The molecular weight excluding hydrogens is 192 g/mol. The van der Waals surface area contributed by atoms with Crippen LogP contribution in [0.1, 0.15) is 23.1 Å². The molecule has 1 unspecified atom stereocenters. The molecule has 1 aliphatic heterocycles. The van der Waals surface area contributed by atoms with Crippen molar-refractivity contribution < 1.29 is 4.79 Å². The fraction of sp³-hybridized carbons (Fsp3) is 0.600. The summed E-state index contributed by atoms with van der Waals surface area (Å²) in [5.41, 5.74) is 1.43. The second-order valence-corrected chi connectivity index (χ2v) is 3.99. The average molecular weight is 208 g/mol. The van der Waals surface area contributed by atoms with E-state index in [2.05, 4.69) is 15.5 Å². The lowest BCUT2D eigenvalue weighted by atomic mass is 10.2. The van der Waals surface area contributed by atoms with Crippen molar-refractivity contribution >= 4 is 5.91 Å². The molecule has 0 spiro atoms. The minimum Gasteiger partial charge on any atom is -0.332 e. The van der Waals surface area contributed by atoms with E-state index < -0.39 is 0 Å². The molecule has 2 heterocycles. The van der Waals surface area contributed by atoms with Crippen LogP contribution in [0.4, 0.5) is 0 Å². The summed E-state index contributed by atoms with van der Waals surface area (Å²) in [4.78, 5) is 13.9. The zero-order chi connectivity index (χ0) is 10.8. The molecule has 0 aliphatic carbocycles. The first-order valence-electron chi connectivity index (χ1n) is 5.22. The Hall–Kier alpha value is -1.36. The molecule has 1 aromatic heterocycles. The Morgan fingerprint density at radius 2 is 2.47 bits per heavy atom. The lowest BCUT2D eigenvalue weighted by molar-refractivity contribution is 0.0649. The van der Waals surface area contributed by atoms with E-state index in [-0.39, 0.29) is 11.9 Å². The number of nitrogens with one attached hydrogen (secondary N) is 2. The first kappa shape index (κ1) is 10.2. The van der Waals surface area contributed by atoms with E-state index in [0.29, 0.717) is 5.69 Å². The zero-order valence-corrected chi connectivity index (χ0v) is 9.08. The van der Waals surface area contributed by atoms with Crippen LogP contribution in [0, 0.1) is 6.92 Å². The van der Waals surface area contributed by atoms with Crippen molar-refractivity contribution in [1.29, 1.82) is 0 Å². The van der Waals surface area contributed by atoms with Crippen molar-refractivity contribution in [3.05, 3.63) is 17.5 Å². The lowest BCUT2D eigenvalue weighted by Gasteiger charge is -2.33. The Bertz CT molecular complexity index is 360. The third-order valence-electron chi connectivity index (χ3n) is 2.69. The highest BCUT2D eigenvalue weighted by molar-refractivity contribution is 5.92. The topological polar surface area (TPSA) is 61.0 Å². The number of aromatic amines is 1. The van der Waals surface area contributed by atoms with Gasteiger partial charge in [0.2, 0.25) is 0 Å². The number of hydrogen-bond donors (Lipinski definition) is 2. The lowest BCUT2D eigenvalue weighted by Crippen LogP contribution is -2.52. The Labute approximate surface area is 88.8 Å². The molecule has 15 heavy (non-hydrogen) atoms. The van der Waals surface area contributed by atoms with Gasteiger partial charge < -0.3 is 10.2 Å². The fourth-order valence-corrected chi connectivity index (χ4v) is 1.82. The van der Waals surface area contributed by atoms with Gasteiger partial charge in [-0.3, -0.25) is 9.89 Å². The summed E-state index contributed by atoms with van der Waals surface area (Å²) in [6.07, 6.45) is 0. The van der Waals surface area contributed by atoms with Gasteiger partial charge in [-0.1, -0.05) is 0 Å². The van der Waals surface area contributed by atoms with Crippen molar-refractivity contribution in [1.82, 2.24) is 20.4 Å². The van der Waals surface area contributed by atoms with Crippen molar-refractivity contribution in [2.24, 2.45) is 0 Å². The first-order valence-corrected chi connectivity index (χ1v) is 5.22. The van der Waals surface area contributed by atoms with E-state index in [1.165, 1.54) is 0 Å². The average Bonchev–Trinajstić information content (AvgIpc) is 2.65. The highest BCUT2D eigenvalue weighted by Gasteiger charge is 2.25. The fourth-order valence-electron chi connectivity index (χ4n) is 1.82. The number of carbonyl (C=O) groups excluding carboxylic acids is 1. The predicted octanol–water partition coefficient (Wildman–Crippen LogP) is 0.152. The third-order valence-corrected chi connectivity index (χ3v) is 2.69. The molecule has 0 saturated carbocycles. The van der Waals surface area contributed by atoms with Gasteiger partial charge in [-0.25, -0.2) is 0 Å².